The highest BCUT2D eigenvalue weighted by molar-refractivity contribution is 5.90. The van der Waals surface area contributed by atoms with Gasteiger partial charge in [0.1, 0.15) is 0 Å². The number of esters is 1. The molecule has 0 atom stereocenters. The molecule has 4 nitrogen and oxygen atoms in total. The van der Waals surface area contributed by atoms with Gasteiger partial charge >= 0.3 is 11.9 Å². The van der Waals surface area contributed by atoms with Crippen molar-refractivity contribution in [2.75, 3.05) is 6.61 Å². The molecule has 144 valence electrons. The first kappa shape index (κ1) is 21.9. The molecule has 0 bridgehead atoms. The van der Waals surface area contributed by atoms with Crippen molar-refractivity contribution in [3.8, 4) is 0 Å². The van der Waals surface area contributed by atoms with Crippen molar-refractivity contribution in [1.29, 1.82) is 0 Å². The van der Waals surface area contributed by atoms with Crippen molar-refractivity contribution in [3.05, 3.63) is 48.0 Å². The van der Waals surface area contributed by atoms with Crippen molar-refractivity contribution >= 4 is 11.9 Å². The minimum absolute atomic E-state index is 0.236. The van der Waals surface area contributed by atoms with Crippen molar-refractivity contribution in [2.45, 2.75) is 70.6 Å². The average Bonchev–Trinajstić information content (AvgIpc) is 2.62. The Kier molecular flexibility index (Phi) is 10.4. The SMILES string of the molecule is CC(C)(CCCCCCCCCOC(=O)/C=C\C(=O)O)c1ccccc1. The lowest BCUT2D eigenvalue weighted by Crippen LogP contribution is -2.16. The molecule has 1 N–H and O–H groups in total. The summed E-state index contributed by atoms with van der Waals surface area (Å²) in [5.74, 6) is -1.73. The van der Waals surface area contributed by atoms with E-state index in [-0.39, 0.29) is 5.41 Å². The molecular formula is C22H32O4. The maximum atomic E-state index is 11.2. The van der Waals surface area contributed by atoms with Gasteiger partial charge in [-0.15, -0.1) is 0 Å². The Morgan fingerprint density at radius 2 is 1.50 bits per heavy atom. The smallest absolute Gasteiger partial charge is 0.331 e. The number of hydrogen-bond acceptors (Lipinski definition) is 3. The molecule has 0 spiro atoms. The van der Waals surface area contributed by atoms with Crippen LogP contribution in [0.4, 0.5) is 0 Å². The Morgan fingerprint density at radius 3 is 2.12 bits per heavy atom. The van der Waals surface area contributed by atoms with E-state index < -0.39 is 11.9 Å². The minimum Gasteiger partial charge on any atom is -0.478 e. The number of carbonyl (C=O) groups is 2. The van der Waals surface area contributed by atoms with Gasteiger partial charge < -0.3 is 9.84 Å². The summed E-state index contributed by atoms with van der Waals surface area (Å²) in [5.41, 5.74) is 1.65. The third-order valence-corrected chi connectivity index (χ3v) is 4.61. The van der Waals surface area contributed by atoms with Gasteiger partial charge in [-0.3, -0.25) is 0 Å². The number of hydrogen-bond donors (Lipinski definition) is 1. The summed E-state index contributed by atoms with van der Waals surface area (Å²) in [6, 6.07) is 10.7. The van der Waals surface area contributed by atoms with Crippen LogP contribution in [-0.4, -0.2) is 23.7 Å². The highest BCUT2D eigenvalue weighted by Gasteiger charge is 2.19. The number of carbonyl (C=O) groups excluding carboxylic acids is 1. The van der Waals surface area contributed by atoms with Gasteiger partial charge in [-0.1, -0.05) is 82.7 Å². The Labute approximate surface area is 157 Å². The third kappa shape index (κ3) is 10.0. The molecule has 0 heterocycles. The van der Waals surface area contributed by atoms with Gasteiger partial charge in [0.2, 0.25) is 0 Å². The number of carboxylic acids is 1. The van der Waals surface area contributed by atoms with Gasteiger partial charge in [-0.25, -0.2) is 9.59 Å². The monoisotopic (exact) mass is 360 g/mol. The largest absolute Gasteiger partial charge is 0.478 e. The predicted molar refractivity (Wildman–Crippen MR) is 104 cm³/mol. The topological polar surface area (TPSA) is 63.6 Å². The highest BCUT2D eigenvalue weighted by atomic mass is 16.5. The van der Waals surface area contributed by atoms with Crippen LogP contribution in [0.15, 0.2) is 42.5 Å². The fourth-order valence-corrected chi connectivity index (χ4v) is 2.95. The second-order valence-electron chi connectivity index (χ2n) is 7.31. The highest BCUT2D eigenvalue weighted by Crippen LogP contribution is 2.29. The molecule has 0 unspecified atom stereocenters. The standard InChI is InChI=1S/C22H32O4/c1-22(2,19-13-9-8-10-14-19)17-11-6-4-3-5-7-12-18-26-21(25)16-15-20(23)24/h8-10,13-16H,3-7,11-12,17-18H2,1-2H3,(H,23,24)/b16-15-. The normalized spacial score (nSPS) is 11.6. The quantitative estimate of drug-likeness (QED) is 0.296. The molecule has 1 aromatic rings. The van der Waals surface area contributed by atoms with Gasteiger partial charge in [0.15, 0.2) is 0 Å². The Morgan fingerprint density at radius 1 is 0.923 bits per heavy atom. The molecule has 0 saturated heterocycles. The molecule has 0 aromatic heterocycles. The zero-order chi connectivity index (χ0) is 19.3. The van der Waals surface area contributed by atoms with Crippen molar-refractivity contribution < 1.29 is 19.4 Å². The van der Waals surface area contributed by atoms with Crippen LogP contribution < -0.4 is 0 Å². The Bertz CT molecular complexity index is 561. The lowest BCUT2D eigenvalue weighted by Gasteiger charge is -2.25. The molecule has 0 aliphatic rings. The van der Waals surface area contributed by atoms with Crippen molar-refractivity contribution in [3.63, 3.8) is 0 Å². The number of ether oxygens (including phenoxy) is 1. The number of benzene rings is 1. The van der Waals surface area contributed by atoms with Crippen LogP contribution in [0.25, 0.3) is 0 Å². The van der Waals surface area contributed by atoms with Crippen LogP contribution in [0.5, 0.6) is 0 Å². The summed E-state index contributed by atoms with van der Waals surface area (Å²) in [6.45, 7) is 4.98. The van der Waals surface area contributed by atoms with Crippen LogP contribution in [0.3, 0.4) is 0 Å². The van der Waals surface area contributed by atoms with Crippen LogP contribution in [-0.2, 0) is 19.7 Å². The summed E-state index contributed by atoms with van der Waals surface area (Å²) in [7, 11) is 0. The van der Waals surface area contributed by atoms with E-state index >= 15 is 0 Å². The maximum Gasteiger partial charge on any atom is 0.331 e. The van der Waals surface area contributed by atoms with E-state index in [0.717, 1.165) is 31.4 Å². The van der Waals surface area contributed by atoms with Crippen LogP contribution in [0.2, 0.25) is 0 Å². The Balaban J connectivity index is 1.98. The van der Waals surface area contributed by atoms with E-state index in [4.69, 9.17) is 9.84 Å². The molecule has 4 heteroatoms. The van der Waals surface area contributed by atoms with E-state index in [9.17, 15) is 9.59 Å². The van der Waals surface area contributed by atoms with E-state index in [1.807, 2.05) is 0 Å². The molecule has 0 fully saturated rings. The van der Waals surface area contributed by atoms with E-state index in [1.165, 1.54) is 37.7 Å². The Hall–Kier alpha value is -2.10. The number of unbranched alkanes of at least 4 members (excludes halogenated alkanes) is 6. The average molecular weight is 360 g/mol. The molecule has 0 aliphatic heterocycles. The second-order valence-corrected chi connectivity index (χ2v) is 7.31. The summed E-state index contributed by atoms with van der Waals surface area (Å²) < 4.78 is 4.93. The van der Waals surface area contributed by atoms with Crippen LogP contribution >= 0.6 is 0 Å². The van der Waals surface area contributed by atoms with Gasteiger partial charge in [0.05, 0.1) is 6.61 Å². The summed E-state index contributed by atoms with van der Waals surface area (Å²) in [6.07, 6.45) is 10.9. The molecule has 0 radical (unpaired) electrons. The van der Waals surface area contributed by atoms with Gasteiger partial charge in [0.25, 0.3) is 0 Å². The van der Waals surface area contributed by atoms with Crippen molar-refractivity contribution in [1.82, 2.24) is 0 Å². The first-order valence-electron chi connectivity index (χ1n) is 9.55. The summed E-state index contributed by atoms with van der Waals surface area (Å²) >= 11 is 0. The van der Waals surface area contributed by atoms with E-state index in [2.05, 4.69) is 44.2 Å². The second kappa shape index (κ2) is 12.3. The minimum atomic E-state index is -1.14. The molecule has 0 saturated carbocycles. The fourth-order valence-electron chi connectivity index (χ4n) is 2.95. The maximum absolute atomic E-state index is 11.2. The fraction of sp³-hybridized carbons (Fsp3) is 0.545. The lowest BCUT2D eigenvalue weighted by atomic mass is 9.80. The molecule has 0 aliphatic carbocycles. The molecule has 1 rings (SSSR count). The molecule has 26 heavy (non-hydrogen) atoms. The zero-order valence-corrected chi connectivity index (χ0v) is 16.1. The van der Waals surface area contributed by atoms with E-state index in [0.29, 0.717) is 6.61 Å². The number of aliphatic carboxylic acids is 1. The summed E-state index contributed by atoms with van der Waals surface area (Å²) in [4.78, 5) is 21.4. The lowest BCUT2D eigenvalue weighted by molar-refractivity contribution is -0.138. The summed E-state index contributed by atoms with van der Waals surface area (Å²) in [5, 5.41) is 8.40. The van der Waals surface area contributed by atoms with Gasteiger partial charge in [-0.2, -0.15) is 0 Å². The number of carboxylic acid groups (broad SMARTS) is 1. The van der Waals surface area contributed by atoms with Gasteiger partial charge in [0, 0.05) is 12.2 Å². The third-order valence-electron chi connectivity index (χ3n) is 4.61. The van der Waals surface area contributed by atoms with Crippen molar-refractivity contribution in [2.24, 2.45) is 0 Å². The molecule has 1 aromatic carbocycles. The zero-order valence-electron chi connectivity index (χ0n) is 16.1. The first-order valence-corrected chi connectivity index (χ1v) is 9.55. The molecular weight excluding hydrogens is 328 g/mol. The van der Waals surface area contributed by atoms with E-state index in [1.54, 1.807) is 0 Å². The number of rotatable bonds is 13. The first-order chi connectivity index (χ1) is 12.4. The predicted octanol–water partition coefficient (Wildman–Crippen LogP) is 5.27. The molecule has 0 amide bonds. The van der Waals surface area contributed by atoms with Crippen LogP contribution in [0, 0.1) is 0 Å². The van der Waals surface area contributed by atoms with Crippen LogP contribution in [0.1, 0.15) is 70.8 Å². The van der Waals surface area contributed by atoms with Gasteiger partial charge in [-0.05, 0) is 23.8 Å².